The van der Waals surface area contributed by atoms with E-state index in [2.05, 4.69) is 10.5 Å². The molecule has 21 heavy (non-hydrogen) atoms. The van der Waals surface area contributed by atoms with Crippen molar-refractivity contribution in [2.75, 3.05) is 5.75 Å². The highest BCUT2D eigenvalue weighted by Gasteiger charge is 2.00. The minimum atomic E-state index is -0.0678. The van der Waals surface area contributed by atoms with Crippen molar-refractivity contribution in [3.63, 3.8) is 0 Å². The Balaban J connectivity index is 1.69. The maximum atomic E-state index is 11.6. The maximum Gasteiger partial charge on any atom is 0.240 e. The van der Waals surface area contributed by atoms with Crippen molar-refractivity contribution in [1.82, 2.24) is 5.43 Å². The molecule has 0 spiro atoms. The van der Waals surface area contributed by atoms with Gasteiger partial charge < -0.3 is 0 Å². The van der Waals surface area contributed by atoms with E-state index in [1.54, 1.807) is 18.0 Å². The van der Waals surface area contributed by atoms with Crippen LogP contribution in [-0.4, -0.2) is 17.9 Å². The van der Waals surface area contributed by atoms with Crippen molar-refractivity contribution in [1.29, 1.82) is 0 Å². The van der Waals surface area contributed by atoms with Gasteiger partial charge in [0.25, 0.3) is 0 Å². The first-order valence-corrected chi connectivity index (χ1v) is 7.79. The second kappa shape index (κ2) is 8.27. The minimum absolute atomic E-state index is 0.0678. The molecule has 0 aromatic heterocycles. The highest BCUT2D eigenvalue weighted by Crippen LogP contribution is 2.17. The molecule has 2 aromatic rings. The summed E-state index contributed by atoms with van der Waals surface area (Å²) >= 11 is 1.67. The molecule has 108 valence electrons. The van der Waals surface area contributed by atoms with E-state index in [4.69, 9.17) is 0 Å². The first kappa shape index (κ1) is 15.3. The van der Waals surface area contributed by atoms with E-state index < -0.39 is 0 Å². The van der Waals surface area contributed by atoms with Gasteiger partial charge in [0.2, 0.25) is 5.91 Å². The van der Waals surface area contributed by atoms with E-state index in [1.165, 1.54) is 10.5 Å². The van der Waals surface area contributed by atoms with Gasteiger partial charge in [0, 0.05) is 17.1 Å². The van der Waals surface area contributed by atoms with Crippen molar-refractivity contribution >= 4 is 23.9 Å². The number of rotatable bonds is 6. The molecular formula is C17H18N2OS. The Morgan fingerprint density at radius 3 is 2.57 bits per heavy atom. The third-order valence-electron chi connectivity index (χ3n) is 2.82. The fraction of sp³-hybridized carbons (Fsp3) is 0.176. The number of amides is 1. The molecule has 0 radical (unpaired) electrons. The van der Waals surface area contributed by atoms with Crippen LogP contribution in [0, 0.1) is 6.92 Å². The highest BCUT2D eigenvalue weighted by atomic mass is 32.2. The van der Waals surface area contributed by atoms with Crippen LogP contribution in [0.25, 0.3) is 0 Å². The van der Waals surface area contributed by atoms with Gasteiger partial charge in [-0.15, -0.1) is 11.8 Å². The molecule has 0 aliphatic heterocycles. The molecule has 0 aliphatic rings. The van der Waals surface area contributed by atoms with Gasteiger partial charge in [-0.1, -0.05) is 48.0 Å². The first-order chi connectivity index (χ1) is 10.2. The molecule has 0 bridgehead atoms. The number of thioether (sulfide) groups is 1. The number of hydrazone groups is 1. The van der Waals surface area contributed by atoms with Crippen LogP contribution in [0.15, 0.2) is 64.6 Å². The molecule has 0 fully saturated rings. The van der Waals surface area contributed by atoms with Crippen LogP contribution in [0.5, 0.6) is 0 Å². The van der Waals surface area contributed by atoms with Gasteiger partial charge in [-0.05, 0) is 24.6 Å². The summed E-state index contributed by atoms with van der Waals surface area (Å²) in [7, 11) is 0. The molecule has 3 nitrogen and oxygen atoms in total. The molecule has 0 saturated carbocycles. The molecule has 0 aliphatic carbocycles. The van der Waals surface area contributed by atoms with E-state index in [0.717, 1.165) is 11.3 Å². The quantitative estimate of drug-likeness (QED) is 0.503. The zero-order valence-electron chi connectivity index (χ0n) is 12.0. The summed E-state index contributed by atoms with van der Waals surface area (Å²) in [5.41, 5.74) is 4.72. The van der Waals surface area contributed by atoms with E-state index >= 15 is 0 Å². The molecule has 1 N–H and O–H groups in total. The van der Waals surface area contributed by atoms with E-state index in [9.17, 15) is 4.79 Å². The van der Waals surface area contributed by atoms with Crippen molar-refractivity contribution in [3.05, 3.63) is 65.7 Å². The van der Waals surface area contributed by atoms with Gasteiger partial charge in [-0.2, -0.15) is 5.10 Å². The second-order valence-corrected chi connectivity index (χ2v) is 5.78. The van der Waals surface area contributed by atoms with Gasteiger partial charge in [0.05, 0.1) is 6.21 Å². The van der Waals surface area contributed by atoms with Gasteiger partial charge in [0.15, 0.2) is 0 Å². The van der Waals surface area contributed by atoms with Crippen molar-refractivity contribution in [3.8, 4) is 0 Å². The molecule has 0 unspecified atom stereocenters. The van der Waals surface area contributed by atoms with Crippen molar-refractivity contribution in [2.24, 2.45) is 5.10 Å². The number of benzene rings is 2. The van der Waals surface area contributed by atoms with Crippen LogP contribution in [0.4, 0.5) is 0 Å². The first-order valence-electron chi connectivity index (χ1n) is 6.80. The Bertz CT molecular complexity index is 594. The Morgan fingerprint density at radius 2 is 1.86 bits per heavy atom. The normalized spacial score (nSPS) is 10.7. The summed E-state index contributed by atoms with van der Waals surface area (Å²) in [6, 6.07) is 18.0. The lowest BCUT2D eigenvalue weighted by molar-refractivity contribution is -0.120. The topological polar surface area (TPSA) is 41.5 Å². The van der Waals surface area contributed by atoms with E-state index in [0.29, 0.717) is 6.42 Å². The monoisotopic (exact) mass is 298 g/mol. The van der Waals surface area contributed by atoms with Gasteiger partial charge in [-0.25, -0.2) is 5.43 Å². The van der Waals surface area contributed by atoms with Gasteiger partial charge >= 0.3 is 0 Å². The lowest BCUT2D eigenvalue weighted by Gasteiger charge is -2.01. The Morgan fingerprint density at radius 1 is 1.14 bits per heavy atom. The zero-order chi connectivity index (χ0) is 14.9. The average Bonchev–Trinajstić information content (AvgIpc) is 2.50. The number of carbonyl (C=O) groups excluding carboxylic acids is 1. The summed E-state index contributed by atoms with van der Waals surface area (Å²) in [5, 5.41) is 3.96. The van der Waals surface area contributed by atoms with E-state index in [-0.39, 0.29) is 5.91 Å². The third kappa shape index (κ3) is 5.83. The Kier molecular flexibility index (Phi) is 6.03. The lowest BCUT2D eigenvalue weighted by Crippen LogP contribution is -2.17. The van der Waals surface area contributed by atoms with Crippen LogP contribution < -0.4 is 5.43 Å². The standard InChI is InChI=1S/C17H18N2OS/c1-14-7-9-15(10-8-14)13-18-19-17(20)11-12-21-16-5-3-2-4-6-16/h2-10,13H,11-12H2,1H3,(H,19,20). The molecule has 2 aromatic carbocycles. The summed E-state index contributed by atoms with van der Waals surface area (Å²) < 4.78 is 0. The number of aryl methyl sites for hydroxylation is 1. The van der Waals surface area contributed by atoms with Crippen LogP contribution >= 0.6 is 11.8 Å². The van der Waals surface area contributed by atoms with Gasteiger partial charge in [0.1, 0.15) is 0 Å². The van der Waals surface area contributed by atoms with Crippen molar-refractivity contribution < 1.29 is 4.79 Å². The molecule has 2 rings (SSSR count). The number of nitrogens with one attached hydrogen (secondary N) is 1. The zero-order valence-corrected chi connectivity index (χ0v) is 12.8. The Hall–Kier alpha value is -2.07. The van der Waals surface area contributed by atoms with Crippen molar-refractivity contribution in [2.45, 2.75) is 18.2 Å². The second-order valence-electron chi connectivity index (χ2n) is 4.62. The number of nitrogens with zero attached hydrogens (tertiary/aromatic N) is 1. The summed E-state index contributed by atoms with van der Waals surface area (Å²) in [6.07, 6.45) is 2.10. The molecule has 0 saturated heterocycles. The SMILES string of the molecule is Cc1ccc(C=NNC(=O)CCSc2ccccc2)cc1. The summed E-state index contributed by atoms with van der Waals surface area (Å²) in [5.74, 6) is 0.678. The summed E-state index contributed by atoms with van der Waals surface area (Å²) in [6.45, 7) is 2.03. The number of hydrogen-bond acceptors (Lipinski definition) is 3. The number of hydrogen-bond donors (Lipinski definition) is 1. The summed E-state index contributed by atoms with van der Waals surface area (Å²) in [4.78, 5) is 12.8. The Labute approximate surface area is 129 Å². The van der Waals surface area contributed by atoms with Crippen LogP contribution in [0.1, 0.15) is 17.5 Å². The predicted molar refractivity (Wildman–Crippen MR) is 88.7 cm³/mol. The molecular weight excluding hydrogens is 280 g/mol. The smallest absolute Gasteiger partial charge is 0.240 e. The minimum Gasteiger partial charge on any atom is -0.273 e. The van der Waals surface area contributed by atoms with E-state index in [1.807, 2.05) is 61.5 Å². The molecule has 0 heterocycles. The largest absolute Gasteiger partial charge is 0.273 e. The van der Waals surface area contributed by atoms with Crippen LogP contribution in [0.3, 0.4) is 0 Å². The molecule has 0 atom stereocenters. The van der Waals surface area contributed by atoms with Crippen LogP contribution in [0.2, 0.25) is 0 Å². The lowest BCUT2D eigenvalue weighted by atomic mass is 10.2. The molecule has 4 heteroatoms. The van der Waals surface area contributed by atoms with Crippen LogP contribution in [-0.2, 0) is 4.79 Å². The molecule has 1 amide bonds. The predicted octanol–water partition coefficient (Wildman–Crippen LogP) is 3.63. The highest BCUT2D eigenvalue weighted by molar-refractivity contribution is 7.99. The fourth-order valence-electron chi connectivity index (χ4n) is 1.67. The average molecular weight is 298 g/mol. The van der Waals surface area contributed by atoms with Gasteiger partial charge in [-0.3, -0.25) is 4.79 Å². The fourth-order valence-corrected chi connectivity index (χ4v) is 2.54. The maximum absolute atomic E-state index is 11.6. The number of carbonyl (C=O) groups is 1. The third-order valence-corrected chi connectivity index (χ3v) is 3.84.